The first-order chi connectivity index (χ1) is 17.7. The van der Waals surface area contributed by atoms with Gasteiger partial charge in [-0.05, 0) is 50.1 Å². The van der Waals surface area contributed by atoms with E-state index < -0.39 is 0 Å². The van der Waals surface area contributed by atoms with Gasteiger partial charge in [0.05, 0.1) is 12.4 Å². The second-order valence-corrected chi connectivity index (χ2v) is 9.26. The van der Waals surface area contributed by atoms with Gasteiger partial charge in [0.2, 0.25) is 11.7 Å². The molecule has 0 aliphatic rings. The van der Waals surface area contributed by atoms with E-state index in [0.29, 0.717) is 24.1 Å². The molecule has 3 aromatic carbocycles. The highest BCUT2D eigenvalue weighted by molar-refractivity contribution is 7.98. The maximum absolute atomic E-state index is 5.62. The van der Waals surface area contributed by atoms with E-state index in [9.17, 15) is 0 Å². The summed E-state index contributed by atoms with van der Waals surface area (Å²) >= 11 is 1.52. The van der Waals surface area contributed by atoms with Gasteiger partial charge in [0.25, 0.3) is 0 Å². The number of aryl methyl sites for hydroxylation is 3. The normalized spacial score (nSPS) is 11.1. The summed E-state index contributed by atoms with van der Waals surface area (Å²) in [5, 5.41) is 14.0. The van der Waals surface area contributed by atoms with E-state index in [2.05, 4.69) is 56.1 Å². The van der Waals surface area contributed by atoms with Gasteiger partial charge in [-0.2, -0.15) is 4.98 Å². The van der Waals surface area contributed by atoms with E-state index in [1.807, 2.05) is 61.5 Å². The third-order valence-corrected chi connectivity index (χ3v) is 6.60. The largest absolute Gasteiger partial charge is 0.494 e. The number of ether oxygens (including phenoxy) is 1. The van der Waals surface area contributed by atoms with Crippen molar-refractivity contribution in [3.63, 3.8) is 0 Å². The molecule has 36 heavy (non-hydrogen) atoms. The summed E-state index contributed by atoms with van der Waals surface area (Å²) in [6.07, 6.45) is 1.65. The summed E-state index contributed by atoms with van der Waals surface area (Å²) in [6.45, 7) is 4.66. The van der Waals surface area contributed by atoms with Crippen LogP contribution in [0.3, 0.4) is 0 Å². The quantitative estimate of drug-likeness (QED) is 0.216. The van der Waals surface area contributed by atoms with Crippen molar-refractivity contribution in [3.8, 4) is 22.8 Å². The fourth-order valence-electron chi connectivity index (χ4n) is 3.83. The van der Waals surface area contributed by atoms with E-state index in [4.69, 9.17) is 9.26 Å². The molecule has 0 aliphatic heterocycles. The van der Waals surface area contributed by atoms with Gasteiger partial charge in [-0.1, -0.05) is 77.1 Å². The minimum Gasteiger partial charge on any atom is -0.494 e. The number of thioether (sulfide) groups is 1. The lowest BCUT2D eigenvalue weighted by Gasteiger charge is -2.11. The zero-order valence-corrected chi connectivity index (χ0v) is 21.1. The Morgan fingerprint density at radius 1 is 0.889 bits per heavy atom. The molecule has 0 unspecified atom stereocenters. The van der Waals surface area contributed by atoms with E-state index >= 15 is 0 Å². The summed E-state index contributed by atoms with van der Waals surface area (Å²) in [5.74, 6) is 3.36. The Bertz CT molecular complexity index is 1400. The third-order valence-electron chi connectivity index (χ3n) is 5.69. The molecule has 7 nitrogen and oxygen atoms in total. The molecule has 5 rings (SSSR count). The standard InChI is InChI=1S/C28H27N5O2S/c1-3-34-24-16-14-23(15-17-24)33-25(18-11-21-7-5-4-6-8-21)30-31-28(33)36-19-26-29-27(32-35-26)22-12-9-20(2)10-13-22/h4-10,12-17H,3,11,18-19H2,1-2H3. The van der Waals surface area contributed by atoms with Crippen LogP contribution in [0.1, 0.15) is 29.8 Å². The van der Waals surface area contributed by atoms with E-state index in [-0.39, 0.29) is 0 Å². The molecule has 2 aromatic heterocycles. The summed E-state index contributed by atoms with van der Waals surface area (Å²) in [5.41, 5.74) is 4.37. The van der Waals surface area contributed by atoms with Crippen LogP contribution < -0.4 is 4.74 Å². The average Bonchev–Trinajstić information content (AvgIpc) is 3.55. The number of hydrogen-bond donors (Lipinski definition) is 0. The van der Waals surface area contributed by atoms with Crippen LogP contribution in [0.25, 0.3) is 17.1 Å². The molecule has 0 N–H and O–H groups in total. The molecular formula is C28H27N5O2S. The van der Waals surface area contributed by atoms with Crippen LogP contribution in [0.5, 0.6) is 5.75 Å². The van der Waals surface area contributed by atoms with Crippen molar-refractivity contribution < 1.29 is 9.26 Å². The molecule has 0 saturated carbocycles. The smallest absolute Gasteiger partial charge is 0.237 e. The summed E-state index contributed by atoms with van der Waals surface area (Å²) in [6, 6.07) is 26.5. The zero-order valence-electron chi connectivity index (χ0n) is 20.3. The highest BCUT2D eigenvalue weighted by Gasteiger charge is 2.17. The maximum atomic E-state index is 5.62. The zero-order chi connectivity index (χ0) is 24.7. The molecule has 182 valence electrons. The first-order valence-corrected chi connectivity index (χ1v) is 12.9. The van der Waals surface area contributed by atoms with Crippen LogP contribution in [-0.2, 0) is 18.6 Å². The Hall–Kier alpha value is -3.91. The predicted molar refractivity (Wildman–Crippen MR) is 140 cm³/mol. The molecule has 2 heterocycles. The second kappa shape index (κ2) is 11.2. The number of benzene rings is 3. The Morgan fingerprint density at radius 3 is 2.42 bits per heavy atom. The molecule has 0 amide bonds. The topological polar surface area (TPSA) is 78.9 Å². The summed E-state index contributed by atoms with van der Waals surface area (Å²) in [4.78, 5) is 4.57. The summed E-state index contributed by atoms with van der Waals surface area (Å²) < 4.78 is 13.2. The third kappa shape index (κ3) is 5.66. The van der Waals surface area contributed by atoms with E-state index in [1.54, 1.807) is 0 Å². The fraction of sp³-hybridized carbons (Fsp3) is 0.214. The van der Waals surface area contributed by atoms with Crippen LogP contribution in [0, 0.1) is 6.92 Å². The molecule has 5 aromatic rings. The number of hydrogen-bond acceptors (Lipinski definition) is 7. The minimum atomic E-state index is 0.493. The number of rotatable bonds is 10. The van der Waals surface area contributed by atoms with Gasteiger partial charge in [0.1, 0.15) is 11.6 Å². The van der Waals surface area contributed by atoms with Gasteiger partial charge >= 0.3 is 0 Å². The maximum Gasteiger partial charge on any atom is 0.237 e. The van der Waals surface area contributed by atoms with Crippen LogP contribution in [-0.4, -0.2) is 31.5 Å². The van der Waals surface area contributed by atoms with Gasteiger partial charge in [-0.25, -0.2) is 0 Å². The Balaban J connectivity index is 1.36. The highest BCUT2D eigenvalue weighted by Crippen LogP contribution is 2.27. The first-order valence-electron chi connectivity index (χ1n) is 11.9. The van der Waals surface area contributed by atoms with Crippen molar-refractivity contribution in [3.05, 3.63) is 102 Å². The Labute approximate surface area is 214 Å². The van der Waals surface area contributed by atoms with Gasteiger partial charge in [-0.15, -0.1) is 10.2 Å². The van der Waals surface area contributed by atoms with Crippen LogP contribution in [0.2, 0.25) is 0 Å². The molecule has 0 radical (unpaired) electrons. The number of aromatic nitrogens is 5. The van der Waals surface area contributed by atoms with Crippen molar-refractivity contribution in [1.82, 2.24) is 24.9 Å². The minimum absolute atomic E-state index is 0.493. The molecule has 0 atom stereocenters. The van der Waals surface area contributed by atoms with Crippen LogP contribution in [0.15, 0.2) is 88.5 Å². The fourth-order valence-corrected chi connectivity index (χ4v) is 4.64. The van der Waals surface area contributed by atoms with Crippen LogP contribution in [0.4, 0.5) is 0 Å². The molecule has 0 aliphatic carbocycles. The number of nitrogens with zero attached hydrogens (tertiary/aromatic N) is 5. The predicted octanol–water partition coefficient (Wildman–Crippen LogP) is 6.10. The van der Waals surface area contributed by atoms with Gasteiger partial charge < -0.3 is 9.26 Å². The SMILES string of the molecule is CCOc1ccc(-n2c(CCc3ccccc3)nnc2SCc2nc(-c3ccc(C)cc3)no2)cc1. The van der Waals surface area contributed by atoms with Crippen molar-refractivity contribution in [2.24, 2.45) is 0 Å². The molecule has 8 heteroatoms. The Morgan fingerprint density at radius 2 is 1.67 bits per heavy atom. The van der Waals surface area contributed by atoms with E-state index in [1.165, 1.54) is 22.9 Å². The molecular weight excluding hydrogens is 470 g/mol. The lowest BCUT2D eigenvalue weighted by Crippen LogP contribution is -2.05. The van der Waals surface area contributed by atoms with Crippen molar-refractivity contribution in [2.75, 3.05) is 6.61 Å². The molecule has 0 bridgehead atoms. The second-order valence-electron chi connectivity index (χ2n) is 8.31. The molecule has 0 saturated heterocycles. The Kier molecular flexibility index (Phi) is 7.42. The van der Waals surface area contributed by atoms with Crippen LogP contribution >= 0.6 is 11.8 Å². The average molecular weight is 498 g/mol. The van der Waals surface area contributed by atoms with Gasteiger partial charge in [-0.3, -0.25) is 4.57 Å². The first kappa shape index (κ1) is 23.8. The van der Waals surface area contributed by atoms with Crippen molar-refractivity contribution in [2.45, 2.75) is 37.6 Å². The lowest BCUT2D eigenvalue weighted by atomic mass is 10.1. The van der Waals surface area contributed by atoms with E-state index in [0.717, 1.165) is 40.8 Å². The summed E-state index contributed by atoms with van der Waals surface area (Å²) in [7, 11) is 0. The van der Waals surface area contributed by atoms with Gasteiger partial charge in [0.15, 0.2) is 5.16 Å². The molecule has 0 fully saturated rings. The van der Waals surface area contributed by atoms with Gasteiger partial charge in [0, 0.05) is 17.7 Å². The lowest BCUT2D eigenvalue weighted by molar-refractivity contribution is 0.340. The van der Waals surface area contributed by atoms with Crippen molar-refractivity contribution in [1.29, 1.82) is 0 Å². The highest BCUT2D eigenvalue weighted by atomic mass is 32.2. The molecule has 0 spiro atoms. The monoisotopic (exact) mass is 497 g/mol. The van der Waals surface area contributed by atoms with Crippen molar-refractivity contribution >= 4 is 11.8 Å².